The van der Waals surface area contributed by atoms with Crippen molar-refractivity contribution in [1.82, 2.24) is 0 Å². The molecule has 1 aromatic carbocycles. The van der Waals surface area contributed by atoms with Crippen molar-refractivity contribution < 1.29 is 0 Å². The van der Waals surface area contributed by atoms with E-state index in [4.69, 9.17) is 11.6 Å². The van der Waals surface area contributed by atoms with Crippen LogP contribution in [0.3, 0.4) is 0 Å². The van der Waals surface area contributed by atoms with E-state index in [0.717, 1.165) is 16.9 Å². The summed E-state index contributed by atoms with van der Waals surface area (Å²) in [7, 11) is 0. The molecular formula is C9H11N3. The van der Waals surface area contributed by atoms with Crippen LogP contribution < -0.4 is 16.6 Å². The van der Waals surface area contributed by atoms with Crippen LogP contribution in [0.15, 0.2) is 30.0 Å². The fourth-order valence-corrected chi connectivity index (χ4v) is 1.40. The van der Waals surface area contributed by atoms with Gasteiger partial charge in [0.25, 0.3) is 0 Å². The maximum Gasteiger partial charge on any atom is 0.0737 e. The normalized spacial score (nSPS) is 15.4. The number of nitrogens with two attached hydrogens (primary N) is 2. The molecule has 1 aliphatic heterocycles. The Morgan fingerprint density at radius 2 is 2.00 bits per heavy atom. The topological polar surface area (TPSA) is 55.3 Å². The predicted molar refractivity (Wildman–Crippen MR) is 50.1 cm³/mol. The highest BCUT2D eigenvalue weighted by Gasteiger charge is 2.11. The lowest BCUT2D eigenvalue weighted by molar-refractivity contribution is 0.889. The Labute approximate surface area is 71.2 Å². The molecule has 1 aliphatic rings. The number of anilines is 1. The molecule has 3 nitrogen and oxygen atoms in total. The van der Waals surface area contributed by atoms with Gasteiger partial charge < -0.3 is 10.7 Å². The van der Waals surface area contributed by atoms with Crippen LogP contribution in [0.1, 0.15) is 5.56 Å². The molecule has 0 fully saturated rings. The van der Waals surface area contributed by atoms with Crippen LogP contribution in [0.25, 0.3) is 6.08 Å². The molecule has 0 radical (unpaired) electrons. The number of rotatable bonds is 0. The first-order valence-corrected chi connectivity index (χ1v) is 3.84. The molecule has 0 bridgehead atoms. The zero-order valence-electron chi connectivity index (χ0n) is 6.70. The molecule has 4 N–H and O–H groups in total. The van der Waals surface area contributed by atoms with Crippen LogP contribution >= 0.6 is 0 Å². The Morgan fingerprint density at radius 1 is 1.25 bits per heavy atom. The van der Waals surface area contributed by atoms with Gasteiger partial charge >= 0.3 is 0 Å². The van der Waals surface area contributed by atoms with Crippen LogP contribution in [0.4, 0.5) is 5.69 Å². The molecule has 0 unspecified atom stereocenters. The largest absolute Gasteiger partial charge is 0.401 e. The molecule has 12 heavy (non-hydrogen) atoms. The van der Waals surface area contributed by atoms with Crippen molar-refractivity contribution in [2.24, 2.45) is 11.6 Å². The van der Waals surface area contributed by atoms with Crippen LogP contribution in [0, 0.1) is 0 Å². The van der Waals surface area contributed by atoms with E-state index in [1.54, 1.807) is 5.01 Å². The fourth-order valence-electron chi connectivity index (χ4n) is 1.40. The maximum absolute atomic E-state index is 5.75. The lowest BCUT2D eigenvalue weighted by Gasteiger charge is -2.24. The van der Waals surface area contributed by atoms with E-state index in [9.17, 15) is 0 Å². The van der Waals surface area contributed by atoms with Crippen LogP contribution in [0.5, 0.6) is 0 Å². The molecule has 1 aromatic rings. The smallest absolute Gasteiger partial charge is 0.0737 e. The quantitative estimate of drug-likeness (QED) is 0.550. The van der Waals surface area contributed by atoms with Gasteiger partial charge in [0.2, 0.25) is 0 Å². The summed E-state index contributed by atoms with van der Waals surface area (Å²) in [5.41, 5.74) is 8.60. The molecule has 0 saturated heterocycles. The third-order valence-corrected chi connectivity index (χ3v) is 1.94. The third-order valence-electron chi connectivity index (χ3n) is 1.94. The van der Waals surface area contributed by atoms with E-state index < -0.39 is 0 Å². The minimum absolute atomic E-state index is 0.608. The van der Waals surface area contributed by atoms with Crippen molar-refractivity contribution in [3.63, 3.8) is 0 Å². The first-order valence-electron chi connectivity index (χ1n) is 3.84. The summed E-state index contributed by atoms with van der Waals surface area (Å²) in [4.78, 5) is 0. The van der Waals surface area contributed by atoms with Gasteiger partial charge in [-0.1, -0.05) is 18.2 Å². The monoisotopic (exact) mass is 161 g/mol. The van der Waals surface area contributed by atoms with Crippen LogP contribution in [-0.4, -0.2) is 6.54 Å². The van der Waals surface area contributed by atoms with E-state index in [1.165, 1.54) is 0 Å². The Hall–Kier alpha value is -1.48. The van der Waals surface area contributed by atoms with E-state index in [-0.39, 0.29) is 0 Å². The minimum Gasteiger partial charge on any atom is -0.401 e. The van der Waals surface area contributed by atoms with Crippen molar-refractivity contribution in [2.75, 3.05) is 11.6 Å². The third kappa shape index (κ3) is 1.04. The second kappa shape index (κ2) is 2.53. The zero-order chi connectivity index (χ0) is 8.55. The van der Waals surface area contributed by atoms with Gasteiger partial charge in [-0.05, 0) is 12.1 Å². The Balaban J connectivity index is 2.55. The number of hydrazine groups is 1. The van der Waals surface area contributed by atoms with Gasteiger partial charge in [-0.15, -0.1) is 0 Å². The van der Waals surface area contributed by atoms with Crippen molar-refractivity contribution in [1.29, 1.82) is 0 Å². The summed E-state index contributed by atoms with van der Waals surface area (Å²) in [6, 6.07) is 7.93. The van der Waals surface area contributed by atoms with Gasteiger partial charge in [0.1, 0.15) is 0 Å². The number of fused-ring (bicyclic) bond motifs is 1. The van der Waals surface area contributed by atoms with Crippen molar-refractivity contribution in [2.45, 2.75) is 0 Å². The second-order valence-electron chi connectivity index (χ2n) is 2.91. The molecule has 0 amide bonds. The number of hydrogen-bond donors (Lipinski definition) is 2. The SMILES string of the molecule is NC1=Cc2ccccc2N(N)C1. The summed E-state index contributed by atoms with van der Waals surface area (Å²) >= 11 is 0. The first kappa shape index (κ1) is 7.18. The van der Waals surface area contributed by atoms with E-state index in [2.05, 4.69) is 0 Å². The predicted octanol–water partition coefficient (Wildman–Crippen LogP) is 0.680. The zero-order valence-corrected chi connectivity index (χ0v) is 6.70. The molecule has 62 valence electrons. The molecule has 1 heterocycles. The highest BCUT2D eigenvalue weighted by atomic mass is 15.4. The maximum atomic E-state index is 5.75. The summed E-state index contributed by atoms with van der Waals surface area (Å²) in [6.45, 7) is 0.608. The van der Waals surface area contributed by atoms with Gasteiger partial charge in [0, 0.05) is 11.3 Å². The lowest BCUT2D eigenvalue weighted by atomic mass is 10.1. The number of nitrogens with zero attached hydrogens (tertiary/aromatic N) is 1. The van der Waals surface area contributed by atoms with Gasteiger partial charge in [0.15, 0.2) is 0 Å². The number of benzene rings is 1. The van der Waals surface area contributed by atoms with Gasteiger partial charge in [-0.25, -0.2) is 5.84 Å². The Kier molecular flexibility index (Phi) is 1.52. The van der Waals surface area contributed by atoms with Gasteiger partial charge in [0.05, 0.1) is 12.2 Å². The van der Waals surface area contributed by atoms with E-state index in [1.807, 2.05) is 30.3 Å². The Morgan fingerprint density at radius 3 is 2.83 bits per heavy atom. The lowest BCUT2D eigenvalue weighted by Crippen LogP contribution is -2.36. The number of para-hydroxylation sites is 1. The average molecular weight is 161 g/mol. The summed E-state index contributed by atoms with van der Waals surface area (Å²) in [6.07, 6.45) is 1.96. The molecule has 2 rings (SSSR count). The minimum atomic E-state index is 0.608. The first-order chi connectivity index (χ1) is 5.77. The standard InChI is InChI=1S/C9H11N3/c10-8-5-7-3-1-2-4-9(7)12(11)6-8/h1-5H,6,10-11H2. The average Bonchev–Trinajstić information content (AvgIpc) is 2.04. The molecule has 0 spiro atoms. The van der Waals surface area contributed by atoms with E-state index in [0.29, 0.717) is 6.54 Å². The second-order valence-corrected chi connectivity index (χ2v) is 2.91. The Bertz CT molecular complexity index is 330. The van der Waals surface area contributed by atoms with Crippen LogP contribution in [0.2, 0.25) is 0 Å². The molecule has 0 aromatic heterocycles. The number of hydrogen-bond acceptors (Lipinski definition) is 3. The van der Waals surface area contributed by atoms with E-state index >= 15 is 0 Å². The summed E-state index contributed by atoms with van der Waals surface area (Å²) < 4.78 is 0. The summed E-state index contributed by atoms with van der Waals surface area (Å²) in [5, 5.41) is 1.66. The molecule has 0 saturated carbocycles. The van der Waals surface area contributed by atoms with Crippen molar-refractivity contribution in [3.05, 3.63) is 35.5 Å². The van der Waals surface area contributed by atoms with Crippen LogP contribution in [-0.2, 0) is 0 Å². The van der Waals surface area contributed by atoms with Crippen molar-refractivity contribution in [3.8, 4) is 0 Å². The van der Waals surface area contributed by atoms with Gasteiger partial charge in [-0.2, -0.15) is 0 Å². The molecule has 3 heteroatoms. The fraction of sp³-hybridized carbons (Fsp3) is 0.111. The van der Waals surface area contributed by atoms with Gasteiger partial charge in [-0.3, -0.25) is 0 Å². The highest BCUT2D eigenvalue weighted by Crippen LogP contribution is 2.23. The molecule has 0 atom stereocenters. The molecular weight excluding hydrogens is 150 g/mol. The summed E-state index contributed by atoms with van der Waals surface area (Å²) in [5.74, 6) is 5.75. The highest BCUT2D eigenvalue weighted by molar-refractivity contribution is 5.72. The van der Waals surface area contributed by atoms with Crippen molar-refractivity contribution >= 4 is 11.8 Å². The molecule has 0 aliphatic carbocycles.